The first kappa shape index (κ1) is 17.1. The SMILES string of the molecule is CC(CC1CCCCCN1)Nc1ccc(NS(C)(=O)=O)cc1. The Hall–Kier alpha value is -1.27. The van der Waals surface area contributed by atoms with Crippen molar-refractivity contribution in [2.24, 2.45) is 0 Å². The number of hydrogen-bond acceptors (Lipinski definition) is 4. The van der Waals surface area contributed by atoms with Gasteiger partial charge in [-0.05, 0) is 57.0 Å². The van der Waals surface area contributed by atoms with Crippen LogP contribution in [0, 0.1) is 0 Å². The molecule has 0 aromatic heterocycles. The maximum atomic E-state index is 11.2. The molecule has 1 aromatic carbocycles. The van der Waals surface area contributed by atoms with Crippen LogP contribution in [0.2, 0.25) is 0 Å². The molecule has 0 spiro atoms. The van der Waals surface area contributed by atoms with Gasteiger partial charge in [-0.1, -0.05) is 12.8 Å². The molecule has 22 heavy (non-hydrogen) atoms. The van der Waals surface area contributed by atoms with Crippen molar-refractivity contribution in [3.8, 4) is 0 Å². The largest absolute Gasteiger partial charge is 0.383 e. The summed E-state index contributed by atoms with van der Waals surface area (Å²) in [4.78, 5) is 0. The highest BCUT2D eigenvalue weighted by atomic mass is 32.2. The van der Waals surface area contributed by atoms with Gasteiger partial charge in [0.25, 0.3) is 0 Å². The molecule has 1 saturated heterocycles. The van der Waals surface area contributed by atoms with Crippen LogP contribution in [-0.2, 0) is 10.0 Å². The molecule has 1 aromatic rings. The van der Waals surface area contributed by atoms with Gasteiger partial charge in [0.05, 0.1) is 6.26 Å². The van der Waals surface area contributed by atoms with Crippen molar-refractivity contribution in [3.63, 3.8) is 0 Å². The summed E-state index contributed by atoms with van der Waals surface area (Å²) in [6.07, 6.45) is 7.44. The molecule has 2 rings (SSSR count). The van der Waals surface area contributed by atoms with Crippen LogP contribution in [0.15, 0.2) is 24.3 Å². The fourth-order valence-corrected chi connectivity index (χ4v) is 3.48. The van der Waals surface area contributed by atoms with Gasteiger partial charge in [-0.25, -0.2) is 8.42 Å². The van der Waals surface area contributed by atoms with E-state index in [0.29, 0.717) is 17.8 Å². The molecule has 0 bridgehead atoms. The molecule has 5 nitrogen and oxygen atoms in total. The average molecular weight is 325 g/mol. The Morgan fingerprint density at radius 2 is 1.86 bits per heavy atom. The Bertz CT molecular complexity index is 549. The third-order valence-corrected chi connectivity index (χ3v) is 4.51. The summed E-state index contributed by atoms with van der Waals surface area (Å²) in [7, 11) is -3.21. The Labute approximate surface area is 133 Å². The fraction of sp³-hybridized carbons (Fsp3) is 0.625. The lowest BCUT2D eigenvalue weighted by Crippen LogP contribution is -2.33. The number of anilines is 2. The molecule has 1 heterocycles. The molecule has 1 aliphatic heterocycles. The van der Waals surface area contributed by atoms with Crippen molar-refractivity contribution < 1.29 is 8.42 Å². The Kier molecular flexibility index (Phi) is 6.08. The number of nitrogens with one attached hydrogen (secondary N) is 3. The van der Waals surface area contributed by atoms with Crippen LogP contribution in [0.1, 0.15) is 39.0 Å². The Morgan fingerprint density at radius 1 is 1.18 bits per heavy atom. The number of hydrogen-bond donors (Lipinski definition) is 3. The van der Waals surface area contributed by atoms with Crippen molar-refractivity contribution in [3.05, 3.63) is 24.3 Å². The molecule has 124 valence electrons. The van der Waals surface area contributed by atoms with Crippen molar-refractivity contribution in [2.75, 3.05) is 22.8 Å². The molecule has 6 heteroatoms. The molecule has 0 radical (unpaired) electrons. The maximum Gasteiger partial charge on any atom is 0.229 e. The van der Waals surface area contributed by atoms with E-state index in [0.717, 1.165) is 24.9 Å². The summed E-state index contributed by atoms with van der Waals surface area (Å²) in [5, 5.41) is 7.10. The highest BCUT2D eigenvalue weighted by Gasteiger charge is 2.14. The minimum atomic E-state index is -3.21. The third kappa shape index (κ3) is 6.23. The second kappa shape index (κ2) is 7.83. The molecule has 0 aliphatic carbocycles. The normalized spacial score (nSPS) is 20.9. The standard InChI is InChI=1S/C16H27N3O2S/c1-13(12-16-6-4-3-5-11-17-16)18-14-7-9-15(10-8-14)19-22(2,20)21/h7-10,13,16-19H,3-6,11-12H2,1-2H3. The second-order valence-corrected chi connectivity index (χ2v) is 7.98. The summed E-state index contributed by atoms with van der Waals surface area (Å²) < 4.78 is 24.8. The van der Waals surface area contributed by atoms with Gasteiger partial charge in [-0.3, -0.25) is 4.72 Å². The van der Waals surface area contributed by atoms with E-state index in [2.05, 4.69) is 22.3 Å². The summed E-state index contributed by atoms with van der Waals surface area (Å²) in [6, 6.07) is 8.34. The minimum Gasteiger partial charge on any atom is -0.383 e. The minimum absolute atomic E-state index is 0.379. The summed E-state index contributed by atoms with van der Waals surface area (Å²) in [6.45, 7) is 3.32. The zero-order valence-corrected chi connectivity index (χ0v) is 14.2. The van der Waals surface area contributed by atoms with Gasteiger partial charge in [0.15, 0.2) is 0 Å². The van der Waals surface area contributed by atoms with E-state index in [4.69, 9.17) is 0 Å². The first-order chi connectivity index (χ1) is 10.4. The molecule has 1 aliphatic rings. The topological polar surface area (TPSA) is 70.2 Å². The molecular weight excluding hydrogens is 298 g/mol. The fourth-order valence-electron chi connectivity index (χ4n) is 2.92. The van der Waals surface area contributed by atoms with E-state index in [-0.39, 0.29) is 0 Å². The van der Waals surface area contributed by atoms with Crippen LogP contribution in [0.25, 0.3) is 0 Å². The molecule has 3 N–H and O–H groups in total. The van der Waals surface area contributed by atoms with E-state index in [1.807, 2.05) is 12.1 Å². The first-order valence-corrected chi connectivity index (χ1v) is 9.89. The zero-order valence-electron chi connectivity index (χ0n) is 13.4. The second-order valence-electron chi connectivity index (χ2n) is 6.23. The number of sulfonamides is 1. The van der Waals surface area contributed by atoms with Crippen LogP contribution in [0.3, 0.4) is 0 Å². The van der Waals surface area contributed by atoms with Crippen LogP contribution in [0.5, 0.6) is 0 Å². The summed E-state index contributed by atoms with van der Waals surface area (Å²) in [5.41, 5.74) is 1.60. The quantitative estimate of drug-likeness (QED) is 0.752. The van der Waals surface area contributed by atoms with Gasteiger partial charge < -0.3 is 10.6 Å². The maximum absolute atomic E-state index is 11.2. The average Bonchev–Trinajstić information content (AvgIpc) is 2.68. The van der Waals surface area contributed by atoms with Crippen molar-refractivity contribution in [1.29, 1.82) is 0 Å². The van der Waals surface area contributed by atoms with Crippen LogP contribution in [0.4, 0.5) is 11.4 Å². The van der Waals surface area contributed by atoms with E-state index < -0.39 is 10.0 Å². The Balaban J connectivity index is 1.84. The molecule has 2 atom stereocenters. The van der Waals surface area contributed by atoms with Gasteiger partial charge >= 0.3 is 0 Å². The van der Waals surface area contributed by atoms with Gasteiger partial charge in [-0.2, -0.15) is 0 Å². The third-order valence-electron chi connectivity index (χ3n) is 3.90. The van der Waals surface area contributed by atoms with E-state index in [1.165, 1.54) is 25.7 Å². The molecule has 2 unspecified atom stereocenters. The molecule has 0 saturated carbocycles. The summed E-state index contributed by atoms with van der Waals surface area (Å²) >= 11 is 0. The smallest absolute Gasteiger partial charge is 0.229 e. The number of rotatable bonds is 6. The van der Waals surface area contributed by atoms with Crippen molar-refractivity contribution in [2.45, 2.75) is 51.1 Å². The lowest BCUT2D eigenvalue weighted by Gasteiger charge is -2.22. The number of benzene rings is 1. The zero-order chi connectivity index (χ0) is 16.0. The highest BCUT2D eigenvalue weighted by Crippen LogP contribution is 2.18. The Morgan fingerprint density at radius 3 is 2.55 bits per heavy atom. The van der Waals surface area contributed by atoms with Crippen LogP contribution in [-0.4, -0.2) is 33.3 Å². The monoisotopic (exact) mass is 325 g/mol. The van der Waals surface area contributed by atoms with Crippen LogP contribution < -0.4 is 15.4 Å². The first-order valence-electron chi connectivity index (χ1n) is 8.00. The van der Waals surface area contributed by atoms with E-state index in [9.17, 15) is 8.42 Å². The molecule has 1 fully saturated rings. The van der Waals surface area contributed by atoms with Gasteiger partial charge in [-0.15, -0.1) is 0 Å². The molecule has 0 amide bonds. The highest BCUT2D eigenvalue weighted by molar-refractivity contribution is 7.92. The predicted molar refractivity (Wildman–Crippen MR) is 92.9 cm³/mol. The van der Waals surface area contributed by atoms with Gasteiger partial charge in [0.2, 0.25) is 10.0 Å². The van der Waals surface area contributed by atoms with E-state index >= 15 is 0 Å². The summed E-state index contributed by atoms with van der Waals surface area (Å²) in [5.74, 6) is 0. The van der Waals surface area contributed by atoms with Crippen molar-refractivity contribution >= 4 is 21.4 Å². The molecular formula is C16H27N3O2S. The lowest BCUT2D eigenvalue weighted by molar-refractivity contribution is 0.456. The van der Waals surface area contributed by atoms with Crippen molar-refractivity contribution in [1.82, 2.24) is 5.32 Å². The van der Waals surface area contributed by atoms with E-state index in [1.54, 1.807) is 12.1 Å². The van der Waals surface area contributed by atoms with Gasteiger partial charge in [0, 0.05) is 23.5 Å². The van der Waals surface area contributed by atoms with Gasteiger partial charge in [0.1, 0.15) is 0 Å². The lowest BCUT2D eigenvalue weighted by atomic mass is 10.0. The predicted octanol–water partition coefficient (Wildman–Crippen LogP) is 2.78. The van der Waals surface area contributed by atoms with Crippen LogP contribution >= 0.6 is 0 Å².